The second kappa shape index (κ2) is 10.9. The van der Waals surface area contributed by atoms with Crippen molar-refractivity contribution >= 4 is 5.91 Å². The molecular formula is C13H28N2O. The monoisotopic (exact) mass is 228 g/mol. The second-order valence-electron chi connectivity index (χ2n) is 4.54. The van der Waals surface area contributed by atoms with E-state index in [1.165, 1.54) is 32.1 Å². The molecular weight excluding hydrogens is 200 g/mol. The minimum atomic E-state index is 0.0603. The summed E-state index contributed by atoms with van der Waals surface area (Å²) < 4.78 is 0. The van der Waals surface area contributed by atoms with Crippen molar-refractivity contribution in [1.29, 1.82) is 0 Å². The topological polar surface area (TPSA) is 55.1 Å². The van der Waals surface area contributed by atoms with E-state index in [2.05, 4.69) is 12.2 Å². The predicted molar refractivity (Wildman–Crippen MR) is 69.2 cm³/mol. The first-order valence-corrected chi connectivity index (χ1v) is 6.70. The predicted octanol–water partition coefficient (Wildman–Crippen LogP) is 2.45. The second-order valence-corrected chi connectivity index (χ2v) is 4.54. The van der Waals surface area contributed by atoms with E-state index in [0.29, 0.717) is 6.54 Å². The van der Waals surface area contributed by atoms with E-state index in [9.17, 15) is 4.79 Å². The molecule has 0 aromatic carbocycles. The molecule has 0 spiro atoms. The van der Waals surface area contributed by atoms with Gasteiger partial charge >= 0.3 is 0 Å². The molecule has 3 heteroatoms. The zero-order valence-electron chi connectivity index (χ0n) is 10.9. The largest absolute Gasteiger partial charge is 0.356 e. The highest BCUT2D eigenvalue weighted by Gasteiger charge is 2.10. The van der Waals surface area contributed by atoms with E-state index < -0.39 is 0 Å². The van der Waals surface area contributed by atoms with Gasteiger partial charge in [0.25, 0.3) is 0 Å². The summed E-state index contributed by atoms with van der Waals surface area (Å²) in [7, 11) is 0. The van der Waals surface area contributed by atoms with Crippen LogP contribution in [0.4, 0.5) is 0 Å². The summed E-state index contributed by atoms with van der Waals surface area (Å²) in [4.78, 5) is 11.5. The minimum Gasteiger partial charge on any atom is -0.356 e. The summed E-state index contributed by atoms with van der Waals surface area (Å²) in [5, 5.41) is 2.96. The van der Waals surface area contributed by atoms with Crippen LogP contribution in [0.2, 0.25) is 0 Å². The Morgan fingerprint density at radius 3 is 2.44 bits per heavy atom. The maximum atomic E-state index is 11.5. The summed E-state index contributed by atoms with van der Waals surface area (Å²) in [6.07, 6.45) is 8.35. The molecule has 0 fully saturated rings. The zero-order chi connectivity index (χ0) is 12.2. The van der Waals surface area contributed by atoms with Gasteiger partial charge in [0.1, 0.15) is 0 Å². The lowest BCUT2D eigenvalue weighted by Crippen LogP contribution is -2.31. The van der Waals surface area contributed by atoms with Crippen molar-refractivity contribution in [2.75, 3.05) is 13.1 Å². The molecule has 0 radical (unpaired) electrons. The van der Waals surface area contributed by atoms with Gasteiger partial charge in [-0.3, -0.25) is 4.79 Å². The van der Waals surface area contributed by atoms with Crippen molar-refractivity contribution in [3.05, 3.63) is 0 Å². The zero-order valence-corrected chi connectivity index (χ0v) is 10.9. The van der Waals surface area contributed by atoms with Crippen LogP contribution < -0.4 is 11.1 Å². The third kappa shape index (κ3) is 8.72. The van der Waals surface area contributed by atoms with E-state index in [-0.39, 0.29) is 11.8 Å². The van der Waals surface area contributed by atoms with E-state index >= 15 is 0 Å². The molecule has 0 heterocycles. The highest BCUT2D eigenvalue weighted by Crippen LogP contribution is 2.04. The summed E-state index contributed by atoms with van der Waals surface area (Å²) in [5.74, 6) is 0.212. The molecule has 3 N–H and O–H groups in total. The SMILES string of the molecule is CCCCCCCCNC(=O)C(C)CCN. The van der Waals surface area contributed by atoms with Gasteiger partial charge in [-0.25, -0.2) is 0 Å². The Bertz CT molecular complexity index is 171. The van der Waals surface area contributed by atoms with E-state index in [0.717, 1.165) is 19.4 Å². The van der Waals surface area contributed by atoms with Crippen LogP contribution in [-0.4, -0.2) is 19.0 Å². The number of hydrogen-bond acceptors (Lipinski definition) is 2. The summed E-state index contributed by atoms with van der Waals surface area (Å²) >= 11 is 0. The fourth-order valence-electron chi connectivity index (χ4n) is 1.67. The van der Waals surface area contributed by atoms with Gasteiger partial charge in [-0.05, 0) is 19.4 Å². The molecule has 1 atom stereocenters. The Kier molecular flexibility index (Phi) is 10.5. The third-order valence-electron chi connectivity index (χ3n) is 2.88. The highest BCUT2D eigenvalue weighted by atomic mass is 16.1. The minimum absolute atomic E-state index is 0.0603. The van der Waals surface area contributed by atoms with Crippen molar-refractivity contribution in [2.45, 2.75) is 58.8 Å². The van der Waals surface area contributed by atoms with Gasteiger partial charge < -0.3 is 11.1 Å². The van der Waals surface area contributed by atoms with Crippen LogP contribution in [0.1, 0.15) is 58.8 Å². The number of carbonyl (C=O) groups is 1. The Hall–Kier alpha value is -0.570. The van der Waals surface area contributed by atoms with E-state index in [4.69, 9.17) is 5.73 Å². The van der Waals surface area contributed by atoms with Crippen LogP contribution in [0.15, 0.2) is 0 Å². The Morgan fingerprint density at radius 2 is 1.81 bits per heavy atom. The molecule has 0 aromatic rings. The van der Waals surface area contributed by atoms with Crippen LogP contribution in [0.5, 0.6) is 0 Å². The van der Waals surface area contributed by atoms with Gasteiger partial charge in [-0.15, -0.1) is 0 Å². The summed E-state index contributed by atoms with van der Waals surface area (Å²) in [5.41, 5.74) is 5.41. The molecule has 0 aliphatic rings. The molecule has 3 nitrogen and oxygen atoms in total. The first kappa shape index (κ1) is 15.4. The van der Waals surface area contributed by atoms with Crippen LogP contribution >= 0.6 is 0 Å². The first-order valence-electron chi connectivity index (χ1n) is 6.70. The number of rotatable bonds is 10. The average molecular weight is 228 g/mol. The molecule has 0 rings (SSSR count). The number of hydrogen-bond donors (Lipinski definition) is 2. The van der Waals surface area contributed by atoms with Gasteiger partial charge in [-0.1, -0.05) is 46.0 Å². The number of unbranched alkanes of at least 4 members (excludes halogenated alkanes) is 5. The van der Waals surface area contributed by atoms with Crippen LogP contribution in [0.25, 0.3) is 0 Å². The maximum Gasteiger partial charge on any atom is 0.222 e. The van der Waals surface area contributed by atoms with Gasteiger partial charge in [0.05, 0.1) is 0 Å². The van der Waals surface area contributed by atoms with Crippen molar-refractivity contribution in [2.24, 2.45) is 11.7 Å². The normalized spacial score (nSPS) is 12.4. The van der Waals surface area contributed by atoms with E-state index in [1.807, 2.05) is 6.92 Å². The molecule has 0 aliphatic carbocycles. The van der Waals surface area contributed by atoms with E-state index in [1.54, 1.807) is 0 Å². The van der Waals surface area contributed by atoms with Crippen LogP contribution in [0.3, 0.4) is 0 Å². The lowest BCUT2D eigenvalue weighted by molar-refractivity contribution is -0.124. The van der Waals surface area contributed by atoms with Crippen molar-refractivity contribution in [3.8, 4) is 0 Å². The molecule has 0 bridgehead atoms. The lowest BCUT2D eigenvalue weighted by atomic mass is 10.1. The third-order valence-corrected chi connectivity index (χ3v) is 2.88. The highest BCUT2D eigenvalue weighted by molar-refractivity contribution is 5.78. The molecule has 0 aromatic heterocycles. The first-order chi connectivity index (χ1) is 7.72. The molecule has 1 amide bonds. The van der Waals surface area contributed by atoms with Crippen molar-refractivity contribution in [1.82, 2.24) is 5.32 Å². The molecule has 0 aliphatic heterocycles. The van der Waals surface area contributed by atoms with Gasteiger partial charge in [0.2, 0.25) is 5.91 Å². The molecule has 0 saturated carbocycles. The van der Waals surface area contributed by atoms with Gasteiger partial charge in [0.15, 0.2) is 0 Å². The fourth-order valence-corrected chi connectivity index (χ4v) is 1.67. The molecule has 96 valence electrons. The maximum absolute atomic E-state index is 11.5. The average Bonchev–Trinajstić information content (AvgIpc) is 2.28. The Morgan fingerprint density at radius 1 is 1.19 bits per heavy atom. The molecule has 1 unspecified atom stereocenters. The number of amides is 1. The van der Waals surface area contributed by atoms with Crippen LogP contribution in [-0.2, 0) is 4.79 Å². The van der Waals surface area contributed by atoms with Gasteiger partial charge in [-0.2, -0.15) is 0 Å². The fraction of sp³-hybridized carbons (Fsp3) is 0.923. The molecule has 0 saturated heterocycles. The summed E-state index contributed by atoms with van der Waals surface area (Å²) in [6.45, 7) is 5.56. The number of nitrogens with one attached hydrogen (secondary N) is 1. The lowest BCUT2D eigenvalue weighted by Gasteiger charge is -2.10. The van der Waals surface area contributed by atoms with Gasteiger partial charge in [0, 0.05) is 12.5 Å². The standard InChI is InChI=1S/C13H28N2O/c1-3-4-5-6-7-8-11-15-13(16)12(2)9-10-14/h12H,3-11,14H2,1-2H3,(H,15,16). The smallest absolute Gasteiger partial charge is 0.222 e. The van der Waals surface area contributed by atoms with Crippen molar-refractivity contribution < 1.29 is 4.79 Å². The Labute approximate surface area is 100 Å². The van der Waals surface area contributed by atoms with Crippen LogP contribution in [0, 0.1) is 5.92 Å². The Balaban J connectivity index is 3.27. The van der Waals surface area contributed by atoms with Crippen molar-refractivity contribution in [3.63, 3.8) is 0 Å². The number of nitrogens with two attached hydrogens (primary N) is 1. The quantitative estimate of drug-likeness (QED) is 0.564. The summed E-state index contributed by atoms with van der Waals surface area (Å²) in [6, 6.07) is 0. The number of carbonyl (C=O) groups excluding carboxylic acids is 1. The molecule has 16 heavy (non-hydrogen) atoms.